The Morgan fingerprint density at radius 2 is 2.16 bits per heavy atom. The average molecular weight is 262 g/mol. The number of carboxylic acids is 1. The molecule has 0 amide bonds. The minimum absolute atomic E-state index is 0.167. The molecule has 3 rings (SSSR count). The third-order valence-corrected chi connectivity index (χ3v) is 4.74. The highest BCUT2D eigenvalue weighted by molar-refractivity contribution is 5.66. The fraction of sp³-hybridized carbons (Fsp3) is 0.667. The van der Waals surface area contributed by atoms with E-state index >= 15 is 0 Å². The Balaban J connectivity index is 1.63. The first-order chi connectivity index (χ1) is 9.01. The number of fused-ring (bicyclic) bond motifs is 1. The van der Waals surface area contributed by atoms with E-state index in [1.54, 1.807) is 0 Å². The highest BCUT2D eigenvalue weighted by Crippen LogP contribution is 2.55. The van der Waals surface area contributed by atoms with Gasteiger partial charge in [0.25, 0.3) is 0 Å². The fourth-order valence-corrected chi connectivity index (χ4v) is 3.71. The van der Waals surface area contributed by atoms with Crippen LogP contribution in [0.1, 0.15) is 32.1 Å². The summed E-state index contributed by atoms with van der Waals surface area (Å²) in [5.41, 5.74) is 0.197. The van der Waals surface area contributed by atoms with Crippen LogP contribution < -0.4 is 0 Å². The summed E-state index contributed by atoms with van der Waals surface area (Å²) in [6, 6.07) is 0. The van der Waals surface area contributed by atoms with Crippen LogP contribution in [-0.2, 0) is 4.79 Å². The van der Waals surface area contributed by atoms with Crippen molar-refractivity contribution in [3.05, 3.63) is 11.6 Å². The average Bonchev–Trinajstić information content (AvgIpc) is 3.04. The lowest BCUT2D eigenvalue weighted by Crippen LogP contribution is -2.52. The largest absolute Gasteiger partial charge is 0.481 e. The van der Waals surface area contributed by atoms with Gasteiger partial charge in [-0.1, -0.05) is 23.5 Å². The molecule has 3 N–H and O–H groups in total. The van der Waals surface area contributed by atoms with Crippen LogP contribution in [0.15, 0.2) is 11.6 Å². The first-order valence-electron chi connectivity index (χ1n) is 6.87. The van der Waals surface area contributed by atoms with Crippen LogP contribution in [0.4, 0.5) is 0 Å². The van der Waals surface area contributed by atoms with Gasteiger partial charge in [0.2, 0.25) is 0 Å². The van der Waals surface area contributed by atoms with Crippen LogP contribution >= 0.6 is 0 Å². The molecule has 102 valence electrons. The van der Waals surface area contributed by atoms with Gasteiger partial charge in [0.1, 0.15) is 0 Å². The number of carbonyl (C=O) groups is 1. The van der Waals surface area contributed by atoms with Gasteiger partial charge in [-0.3, -0.25) is 4.79 Å². The van der Waals surface area contributed by atoms with E-state index < -0.39 is 17.7 Å². The first kappa shape index (κ1) is 12.7. The molecule has 3 aliphatic carbocycles. The second kappa shape index (κ2) is 4.36. The SMILES string of the molecule is O=C(O)CC/C=C1/CC2C1CCC(O)C2C1(O)C#C1. The van der Waals surface area contributed by atoms with Gasteiger partial charge in [-0.15, -0.1) is 0 Å². The molecule has 3 aliphatic rings. The zero-order chi connectivity index (χ0) is 13.6. The molecule has 19 heavy (non-hydrogen) atoms. The van der Waals surface area contributed by atoms with Gasteiger partial charge in [-0.2, -0.15) is 0 Å². The van der Waals surface area contributed by atoms with E-state index in [0.717, 1.165) is 12.8 Å². The molecule has 0 saturated heterocycles. The molecule has 0 radical (unpaired) electrons. The number of carboxylic acid groups (broad SMARTS) is 1. The van der Waals surface area contributed by atoms with Crippen molar-refractivity contribution in [2.75, 3.05) is 0 Å². The Labute approximate surface area is 112 Å². The number of aliphatic carboxylic acids is 1. The summed E-state index contributed by atoms with van der Waals surface area (Å²) >= 11 is 0. The van der Waals surface area contributed by atoms with Gasteiger partial charge in [-0.05, 0) is 37.5 Å². The van der Waals surface area contributed by atoms with Gasteiger partial charge in [0.15, 0.2) is 5.60 Å². The second-order valence-corrected chi connectivity index (χ2v) is 5.87. The van der Waals surface area contributed by atoms with Crippen molar-refractivity contribution in [3.8, 4) is 11.8 Å². The summed E-state index contributed by atoms with van der Waals surface area (Å²) in [5, 5.41) is 28.8. The van der Waals surface area contributed by atoms with Crippen LogP contribution in [0.5, 0.6) is 0 Å². The topological polar surface area (TPSA) is 77.8 Å². The highest BCUT2D eigenvalue weighted by atomic mass is 16.4. The molecule has 0 heterocycles. The number of hydrogen-bond donors (Lipinski definition) is 3. The predicted octanol–water partition coefficient (Wildman–Crippen LogP) is 0.933. The van der Waals surface area contributed by atoms with Gasteiger partial charge in [0, 0.05) is 12.3 Å². The summed E-state index contributed by atoms with van der Waals surface area (Å²) < 4.78 is 0. The summed E-state index contributed by atoms with van der Waals surface area (Å²) in [6.07, 6.45) is 4.77. The van der Waals surface area contributed by atoms with E-state index in [4.69, 9.17) is 5.11 Å². The van der Waals surface area contributed by atoms with Crippen LogP contribution in [0.2, 0.25) is 0 Å². The molecule has 0 aromatic heterocycles. The van der Waals surface area contributed by atoms with Gasteiger partial charge < -0.3 is 15.3 Å². The maximum atomic E-state index is 10.5. The first-order valence-corrected chi connectivity index (χ1v) is 6.87. The monoisotopic (exact) mass is 262 g/mol. The third kappa shape index (κ3) is 2.18. The molecule has 4 atom stereocenters. The van der Waals surface area contributed by atoms with Crippen molar-refractivity contribution in [3.63, 3.8) is 0 Å². The Kier molecular flexibility index (Phi) is 2.92. The second-order valence-electron chi connectivity index (χ2n) is 5.87. The molecule has 2 saturated carbocycles. The van der Waals surface area contributed by atoms with E-state index in [2.05, 4.69) is 11.8 Å². The van der Waals surface area contributed by atoms with Crippen LogP contribution in [-0.4, -0.2) is 33.0 Å². The Morgan fingerprint density at radius 1 is 1.42 bits per heavy atom. The van der Waals surface area contributed by atoms with Crippen molar-refractivity contribution in [2.24, 2.45) is 17.8 Å². The number of rotatable bonds is 4. The zero-order valence-electron chi connectivity index (χ0n) is 10.7. The fourth-order valence-electron chi connectivity index (χ4n) is 3.71. The molecule has 0 aromatic rings. The quantitative estimate of drug-likeness (QED) is 0.520. The summed E-state index contributed by atoms with van der Waals surface area (Å²) in [6.45, 7) is 0. The normalized spacial score (nSPS) is 39.8. The number of allylic oxidation sites excluding steroid dienone is 2. The minimum atomic E-state index is -1.10. The van der Waals surface area contributed by atoms with Crippen molar-refractivity contribution in [1.29, 1.82) is 0 Å². The van der Waals surface area contributed by atoms with Crippen LogP contribution in [0.25, 0.3) is 0 Å². The predicted molar refractivity (Wildman–Crippen MR) is 68.0 cm³/mol. The molecular formula is C15H18O4. The van der Waals surface area contributed by atoms with E-state index in [9.17, 15) is 15.0 Å². The number of hydrogen-bond acceptors (Lipinski definition) is 3. The lowest BCUT2D eigenvalue weighted by molar-refractivity contribution is -0.136. The van der Waals surface area contributed by atoms with Gasteiger partial charge in [0.05, 0.1) is 6.10 Å². The summed E-state index contributed by atoms with van der Waals surface area (Å²) in [7, 11) is 0. The number of aliphatic hydroxyl groups is 2. The molecular weight excluding hydrogens is 244 g/mol. The molecule has 0 spiro atoms. The number of aliphatic hydroxyl groups excluding tert-OH is 1. The molecule has 4 nitrogen and oxygen atoms in total. The van der Waals surface area contributed by atoms with Crippen molar-refractivity contribution < 1.29 is 20.1 Å². The van der Waals surface area contributed by atoms with Crippen LogP contribution in [0, 0.1) is 29.6 Å². The molecule has 0 aromatic carbocycles. The van der Waals surface area contributed by atoms with E-state index in [1.165, 1.54) is 5.57 Å². The minimum Gasteiger partial charge on any atom is -0.481 e. The zero-order valence-corrected chi connectivity index (χ0v) is 10.7. The molecule has 4 unspecified atom stereocenters. The van der Waals surface area contributed by atoms with Crippen LogP contribution in [0.3, 0.4) is 0 Å². The van der Waals surface area contributed by atoms with Crippen molar-refractivity contribution >= 4 is 5.97 Å². The Hall–Kier alpha value is -1.31. The van der Waals surface area contributed by atoms with E-state index in [-0.39, 0.29) is 18.3 Å². The molecule has 0 aliphatic heterocycles. The Morgan fingerprint density at radius 3 is 2.79 bits per heavy atom. The lowest BCUT2D eigenvalue weighted by Gasteiger charge is -2.51. The smallest absolute Gasteiger partial charge is 0.303 e. The summed E-state index contributed by atoms with van der Waals surface area (Å²) in [5.74, 6) is 5.17. The van der Waals surface area contributed by atoms with E-state index in [1.807, 2.05) is 6.08 Å². The maximum absolute atomic E-state index is 10.5. The molecule has 4 heteroatoms. The highest BCUT2D eigenvalue weighted by Gasteiger charge is 2.56. The molecule has 2 fully saturated rings. The van der Waals surface area contributed by atoms with Crippen molar-refractivity contribution in [2.45, 2.75) is 43.8 Å². The maximum Gasteiger partial charge on any atom is 0.303 e. The Bertz CT molecular complexity index is 488. The van der Waals surface area contributed by atoms with E-state index in [0.29, 0.717) is 18.8 Å². The van der Waals surface area contributed by atoms with Gasteiger partial charge >= 0.3 is 5.97 Å². The van der Waals surface area contributed by atoms with Crippen molar-refractivity contribution in [1.82, 2.24) is 0 Å². The third-order valence-electron chi connectivity index (χ3n) is 4.74. The van der Waals surface area contributed by atoms with Gasteiger partial charge in [-0.25, -0.2) is 0 Å². The summed E-state index contributed by atoms with van der Waals surface area (Å²) in [4.78, 5) is 10.5. The standard InChI is InChI=1S/C15H18O4/c16-12-5-4-10-9(2-1-3-13(17)18)8-11(10)14(12)15(19)6-7-15/h2,10-12,14,16,19H,1,3-5,8H2,(H,17,18)/b9-2-. The molecule has 0 bridgehead atoms. The lowest BCUT2D eigenvalue weighted by atomic mass is 9.54.